The fourth-order valence-electron chi connectivity index (χ4n) is 3.24. The van der Waals surface area contributed by atoms with Gasteiger partial charge in [0, 0.05) is 12.4 Å². The molecule has 0 aliphatic heterocycles. The van der Waals surface area contributed by atoms with Crippen molar-refractivity contribution in [3.05, 3.63) is 96.1 Å². The van der Waals surface area contributed by atoms with Crippen LogP contribution in [0.1, 0.15) is 22.7 Å². The van der Waals surface area contributed by atoms with Crippen molar-refractivity contribution in [1.82, 2.24) is 20.3 Å². The molecular weight excluding hydrogens is 364 g/mol. The molecular formula is C23H20N4O2. The maximum absolute atomic E-state index is 12.7. The quantitative estimate of drug-likeness (QED) is 0.549. The number of hydrogen-bond donors (Lipinski definition) is 1. The maximum Gasteiger partial charge on any atom is 0.258 e. The lowest BCUT2D eigenvalue weighted by Gasteiger charge is -2.21. The third-order valence-electron chi connectivity index (χ3n) is 4.69. The molecule has 0 saturated heterocycles. The Labute approximate surface area is 168 Å². The van der Waals surface area contributed by atoms with Crippen molar-refractivity contribution in [3.8, 4) is 5.88 Å². The van der Waals surface area contributed by atoms with Crippen molar-refractivity contribution in [1.29, 1.82) is 0 Å². The lowest BCUT2D eigenvalue weighted by Crippen LogP contribution is -2.33. The van der Waals surface area contributed by atoms with Gasteiger partial charge in [-0.2, -0.15) is 0 Å². The molecule has 29 heavy (non-hydrogen) atoms. The molecule has 4 aromatic rings. The second kappa shape index (κ2) is 8.48. The molecule has 0 radical (unpaired) electrons. The molecule has 1 amide bonds. The summed E-state index contributed by atoms with van der Waals surface area (Å²) in [6.45, 7) is 1.88. The largest absolute Gasteiger partial charge is 0.467 e. The van der Waals surface area contributed by atoms with Gasteiger partial charge >= 0.3 is 0 Å². The van der Waals surface area contributed by atoms with Crippen molar-refractivity contribution in [2.24, 2.45) is 0 Å². The highest BCUT2D eigenvalue weighted by Crippen LogP contribution is 2.25. The highest BCUT2D eigenvalue weighted by Gasteiger charge is 2.19. The van der Waals surface area contributed by atoms with Crippen LogP contribution in [-0.4, -0.2) is 27.5 Å². The molecule has 6 nitrogen and oxygen atoms in total. The Bertz CT molecular complexity index is 1130. The van der Waals surface area contributed by atoms with E-state index in [0.29, 0.717) is 5.88 Å². The third kappa shape index (κ3) is 4.21. The van der Waals surface area contributed by atoms with Gasteiger partial charge in [0.15, 0.2) is 6.61 Å². The average molecular weight is 384 g/mol. The van der Waals surface area contributed by atoms with Crippen LogP contribution in [-0.2, 0) is 4.79 Å². The van der Waals surface area contributed by atoms with E-state index in [-0.39, 0.29) is 18.6 Å². The molecule has 0 bridgehead atoms. The van der Waals surface area contributed by atoms with Crippen LogP contribution in [0.3, 0.4) is 0 Å². The molecule has 0 aliphatic rings. The van der Waals surface area contributed by atoms with Crippen LogP contribution < -0.4 is 10.1 Å². The van der Waals surface area contributed by atoms with Gasteiger partial charge in [-0.1, -0.05) is 36.4 Å². The zero-order valence-electron chi connectivity index (χ0n) is 15.9. The number of hydrogen-bond acceptors (Lipinski definition) is 5. The first-order chi connectivity index (χ1) is 14.2. The number of para-hydroxylation sites is 1. The molecule has 2 heterocycles. The number of nitrogens with one attached hydrogen (secondary N) is 1. The summed E-state index contributed by atoms with van der Waals surface area (Å²) in [4.78, 5) is 25.2. The monoisotopic (exact) mass is 384 g/mol. The number of aryl methyl sites for hydroxylation is 1. The molecule has 0 fully saturated rings. The Morgan fingerprint density at radius 1 is 1.00 bits per heavy atom. The van der Waals surface area contributed by atoms with Crippen molar-refractivity contribution in [3.63, 3.8) is 0 Å². The minimum atomic E-state index is -0.294. The lowest BCUT2D eigenvalue weighted by atomic mass is 9.95. The number of rotatable bonds is 6. The summed E-state index contributed by atoms with van der Waals surface area (Å²) in [7, 11) is 0. The number of benzene rings is 2. The first-order valence-corrected chi connectivity index (χ1v) is 9.30. The predicted molar refractivity (Wildman–Crippen MR) is 110 cm³/mol. The summed E-state index contributed by atoms with van der Waals surface area (Å²) in [6.07, 6.45) is 4.87. The normalized spacial score (nSPS) is 11.8. The number of carbonyl (C=O) groups is 1. The SMILES string of the molecule is Cc1ccccc1C(NC(=O)COc1ncnc2ccccc12)c1ccncc1. The number of ether oxygens (including phenoxy) is 1. The Hall–Kier alpha value is -3.80. The van der Waals surface area contributed by atoms with Crippen molar-refractivity contribution >= 4 is 16.8 Å². The molecule has 6 heteroatoms. The van der Waals surface area contributed by atoms with Gasteiger partial charge in [0.1, 0.15) is 6.33 Å². The maximum atomic E-state index is 12.7. The van der Waals surface area contributed by atoms with Crippen LogP contribution in [0.5, 0.6) is 5.88 Å². The summed E-state index contributed by atoms with van der Waals surface area (Å²) in [5.41, 5.74) is 3.85. The molecule has 0 spiro atoms. The number of fused-ring (bicyclic) bond motifs is 1. The Morgan fingerprint density at radius 3 is 2.59 bits per heavy atom. The average Bonchev–Trinajstić information content (AvgIpc) is 2.77. The summed E-state index contributed by atoms with van der Waals surface area (Å²) in [6, 6.07) is 19.0. The molecule has 4 rings (SSSR count). The van der Waals surface area contributed by atoms with Gasteiger partial charge in [-0.05, 0) is 47.9 Å². The zero-order valence-corrected chi connectivity index (χ0v) is 15.9. The van der Waals surface area contributed by atoms with E-state index in [1.165, 1.54) is 6.33 Å². The molecule has 1 unspecified atom stereocenters. The standard InChI is InChI=1S/C23H20N4O2/c1-16-6-2-3-7-18(16)22(17-10-12-24-13-11-17)27-21(28)14-29-23-19-8-4-5-9-20(19)25-15-26-23/h2-13,15,22H,14H2,1H3,(H,27,28). The fraction of sp³-hybridized carbons (Fsp3) is 0.130. The second-order valence-corrected chi connectivity index (χ2v) is 6.62. The Morgan fingerprint density at radius 2 is 1.76 bits per heavy atom. The predicted octanol–water partition coefficient (Wildman–Crippen LogP) is 3.62. The first kappa shape index (κ1) is 18.6. The number of nitrogens with zero attached hydrogens (tertiary/aromatic N) is 3. The van der Waals surface area contributed by atoms with Gasteiger partial charge in [0.2, 0.25) is 5.88 Å². The van der Waals surface area contributed by atoms with E-state index in [2.05, 4.69) is 20.3 Å². The van der Waals surface area contributed by atoms with Gasteiger partial charge < -0.3 is 10.1 Å². The van der Waals surface area contributed by atoms with E-state index in [1.807, 2.05) is 67.6 Å². The number of amides is 1. The van der Waals surface area contributed by atoms with Gasteiger partial charge in [0.05, 0.1) is 16.9 Å². The molecule has 0 aliphatic carbocycles. The van der Waals surface area contributed by atoms with Crippen molar-refractivity contribution < 1.29 is 9.53 Å². The van der Waals surface area contributed by atoms with Crippen LogP contribution in [0.25, 0.3) is 10.9 Å². The van der Waals surface area contributed by atoms with Crippen molar-refractivity contribution in [2.45, 2.75) is 13.0 Å². The summed E-state index contributed by atoms with van der Waals surface area (Å²) in [5, 5.41) is 3.84. The highest BCUT2D eigenvalue weighted by molar-refractivity contribution is 5.84. The van der Waals surface area contributed by atoms with Crippen LogP contribution in [0, 0.1) is 6.92 Å². The van der Waals surface area contributed by atoms with Crippen LogP contribution in [0.4, 0.5) is 0 Å². The lowest BCUT2D eigenvalue weighted by molar-refractivity contribution is -0.123. The Kier molecular flexibility index (Phi) is 5.42. The number of carbonyl (C=O) groups excluding carboxylic acids is 1. The van der Waals surface area contributed by atoms with Gasteiger partial charge in [-0.3, -0.25) is 9.78 Å². The highest BCUT2D eigenvalue weighted by atomic mass is 16.5. The van der Waals surface area contributed by atoms with Crippen molar-refractivity contribution in [2.75, 3.05) is 6.61 Å². The smallest absolute Gasteiger partial charge is 0.258 e. The molecule has 2 aromatic heterocycles. The fourth-order valence-corrected chi connectivity index (χ4v) is 3.24. The van der Waals surface area contributed by atoms with E-state index in [9.17, 15) is 4.79 Å². The van der Waals surface area contributed by atoms with E-state index >= 15 is 0 Å². The molecule has 0 saturated carbocycles. The van der Waals surface area contributed by atoms with E-state index in [0.717, 1.165) is 27.6 Å². The molecule has 2 aromatic carbocycles. The molecule has 144 valence electrons. The van der Waals surface area contributed by atoms with E-state index < -0.39 is 0 Å². The van der Waals surface area contributed by atoms with E-state index in [1.54, 1.807) is 12.4 Å². The second-order valence-electron chi connectivity index (χ2n) is 6.62. The summed E-state index contributed by atoms with van der Waals surface area (Å²) < 4.78 is 5.71. The summed E-state index contributed by atoms with van der Waals surface area (Å²) >= 11 is 0. The minimum absolute atomic E-state index is 0.144. The number of pyridine rings is 1. The number of aromatic nitrogens is 3. The van der Waals surface area contributed by atoms with Gasteiger partial charge in [-0.15, -0.1) is 0 Å². The molecule has 1 atom stereocenters. The molecule has 1 N–H and O–H groups in total. The first-order valence-electron chi connectivity index (χ1n) is 9.30. The van der Waals surface area contributed by atoms with Gasteiger partial charge in [-0.25, -0.2) is 9.97 Å². The zero-order chi connectivity index (χ0) is 20.1. The minimum Gasteiger partial charge on any atom is -0.467 e. The topological polar surface area (TPSA) is 77.0 Å². The summed E-state index contributed by atoms with van der Waals surface area (Å²) in [5.74, 6) is 0.153. The van der Waals surface area contributed by atoms with Crippen LogP contribution in [0.15, 0.2) is 79.4 Å². The Balaban J connectivity index is 1.53. The van der Waals surface area contributed by atoms with Gasteiger partial charge in [0.25, 0.3) is 5.91 Å². The van der Waals surface area contributed by atoms with Crippen LogP contribution in [0.2, 0.25) is 0 Å². The van der Waals surface area contributed by atoms with Crippen LogP contribution >= 0.6 is 0 Å². The third-order valence-corrected chi connectivity index (χ3v) is 4.69. The van der Waals surface area contributed by atoms with E-state index in [4.69, 9.17) is 4.74 Å².